The third-order valence-electron chi connectivity index (χ3n) is 10.4. The van der Waals surface area contributed by atoms with Gasteiger partial charge in [0.05, 0.1) is 18.8 Å². The zero-order chi connectivity index (χ0) is 26.6. The molecule has 0 bridgehead atoms. The number of aliphatic hydroxyl groups is 1. The highest BCUT2D eigenvalue weighted by Gasteiger charge is 2.75. The number of fused-ring (bicyclic) bond motifs is 7. The van der Waals surface area contributed by atoms with Gasteiger partial charge in [-0.15, -0.1) is 0 Å². The number of aliphatic hydroxyl groups excluding tert-OH is 1. The van der Waals surface area contributed by atoms with Crippen LogP contribution in [-0.2, 0) is 28.6 Å². The maximum Gasteiger partial charge on any atom is 0.193 e. The fourth-order valence-electron chi connectivity index (χ4n) is 8.64. The number of hydrogen-bond acceptors (Lipinski definition) is 7. The van der Waals surface area contributed by atoms with E-state index in [-0.39, 0.29) is 59.8 Å². The van der Waals surface area contributed by atoms with Crippen LogP contribution in [-0.4, -0.2) is 59.8 Å². The molecular formula is C30H42O7. The normalized spacial score (nSPS) is 44.0. The lowest BCUT2D eigenvalue weighted by Gasteiger charge is -2.59. The van der Waals surface area contributed by atoms with Gasteiger partial charge in [-0.1, -0.05) is 45.8 Å². The average Bonchev–Trinajstić information content (AvgIpc) is 3.34. The minimum atomic E-state index is -1.17. The molecule has 0 radical (unpaired) electrons. The maximum atomic E-state index is 14.0. The third kappa shape index (κ3) is 4.03. The molecule has 0 amide bonds. The second kappa shape index (κ2) is 9.82. The molecule has 4 fully saturated rings. The molecule has 5 rings (SSSR count). The Kier molecular flexibility index (Phi) is 7.14. The van der Waals surface area contributed by atoms with Crippen molar-refractivity contribution in [3.05, 3.63) is 23.8 Å². The number of ketones is 3. The van der Waals surface area contributed by atoms with Crippen LogP contribution in [0.25, 0.3) is 0 Å². The van der Waals surface area contributed by atoms with Crippen molar-refractivity contribution in [3.8, 4) is 0 Å². The van der Waals surface area contributed by atoms with E-state index < -0.39 is 23.4 Å². The first kappa shape index (κ1) is 26.9. The summed E-state index contributed by atoms with van der Waals surface area (Å²) in [5.41, 5.74) is -1.04. The van der Waals surface area contributed by atoms with Crippen molar-refractivity contribution in [2.24, 2.45) is 28.6 Å². The number of carbonyl (C=O) groups excluding carboxylic acids is 3. The second-order valence-electron chi connectivity index (χ2n) is 12.3. The molecule has 5 aliphatic rings. The summed E-state index contributed by atoms with van der Waals surface area (Å²) in [5, 5.41) is 11.8. The quantitative estimate of drug-likeness (QED) is 0.462. The molecule has 7 nitrogen and oxygen atoms in total. The van der Waals surface area contributed by atoms with Gasteiger partial charge >= 0.3 is 0 Å². The van der Waals surface area contributed by atoms with Crippen LogP contribution in [0, 0.1) is 28.6 Å². The Hall–Kier alpha value is -1.67. The van der Waals surface area contributed by atoms with E-state index in [1.165, 1.54) is 0 Å². The van der Waals surface area contributed by atoms with Gasteiger partial charge in [0, 0.05) is 29.6 Å². The second-order valence-corrected chi connectivity index (χ2v) is 12.3. The smallest absolute Gasteiger partial charge is 0.193 e. The Balaban J connectivity index is 1.45. The summed E-state index contributed by atoms with van der Waals surface area (Å²) in [6.45, 7) is 8.24. The Morgan fingerprint density at radius 1 is 1.24 bits per heavy atom. The van der Waals surface area contributed by atoms with Crippen molar-refractivity contribution in [2.45, 2.75) is 103 Å². The zero-order valence-corrected chi connectivity index (χ0v) is 22.7. The Morgan fingerprint density at radius 2 is 2.03 bits per heavy atom. The van der Waals surface area contributed by atoms with Gasteiger partial charge in [0.2, 0.25) is 0 Å². The first-order valence-corrected chi connectivity index (χ1v) is 14.2. The predicted molar refractivity (Wildman–Crippen MR) is 137 cm³/mol. The molecule has 9 atom stereocenters. The number of rotatable bonds is 9. The number of carbonyl (C=O) groups is 3. The largest absolute Gasteiger partial charge is 0.393 e. The van der Waals surface area contributed by atoms with Crippen LogP contribution >= 0.6 is 0 Å². The van der Waals surface area contributed by atoms with E-state index in [0.717, 1.165) is 24.8 Å². The van der Waals surface area contributed by atoms with E-state index in [2.05, 4.69) is 20.8 Å². The average molecular weight is 515 g/mol. The molecule has 1 heterocycles. The van der Waals surface area contributed by atoms with Crippen molar-refractivity contribution < 1.29 is 33.7 Å². The fourth-order valence-corrected chi connectivity index (χ4v) is 8.64. The third-order valence-corrected chi connectivity index (χ3v) is 10.4. The van der Waals surface area contributed by atoms with Crippen LogP contribution in [0.2, 0.25) is 0 Å². The summed E-state index contributed by atoms with van der Waals surface area (Å²) in [4.78, 5) is 37.8. The van der Waals surface area contributed by atoms with Crippen molar-refractivity contribution in [1.29, 1.82) is 0 Å². The zero-order valence-electron chi connectivity index (χ0n) is 22.7. The van der Waals surface area contributed by atoms with Crippen molar-refractivity contribution >= 4 is 17.3 Å². The fraction of sp³-hybridized carbons (Fsp3) is 0.767. The van der Waals surface area contributed by atoms with Crippen molar-refractivity contribution in [1.82, 2.24) is 0 Å². The minimum absolute atomic E-state index is 0.0189. The summed E-state index contributed by atoms with van der Waals surface area (Å²) in [5.74, 6) is 0.293. The van der Waals surface area contributed by atoms with Crippen LogP contribution in [0.4, 0.5) is 0 Å². The summed E-state index contributed by atoms with van der Waals surface area (Å²) in [6, 6.07) is 0. The molecule has 1 saturated heterocycles. The van der Waals surface area contributed by atoms with E-state index in [1.54, 1.807) is 12.2 Å². The Bertz CT molecular complexity index is 1020. The van der Waals surface area contributed by atoms with E-state index in [4.69, 9.17) is 14.2 Å². The standard InChI is InChI=1S/C30H42O7/c1-5-7-26-36-25-15-22-21-9-8-18-14-20(32)10-12-28(18,3)27(21)23(33)16-29(22,4)30(25,37-26)24(34)17-35-13-11-19(31)6-2/h10,12,14,21-23,25-27,33H,5-9,11,13,15-17H2,1-4H3/t21-,22-,23-,25+,26?,27+,28-,29-,30+/m0/s1. The van der Waals surface area contributed by atoms with Gasteiger partial charge in [0.25, 0.3) is 0 Å². The topological polar surface area (TPSA) is 99.1 Å². The van der Waals surface area contributed by atoms with Gasteiger partial charge in [-0.2, -0.15) is 0 Å². The van der Waals surface area contributed by atoms with E-state index in [1.807, 2.05) is 13.0 Å². The first-order valence-electron chi connectivity index (χ1n) is 14.2. The Labute approximate surface area is 220 Å². The molecule has 1 unspecified atom stereocenters. The van der Waals surface area contributed by atoms with Gasteiger partial charge in [-0.25, -0.2) is 0 Å². The highest BCUT2D eigenvalue weighted by atomic mass is 16.7. The van der Waals surface area contributed by atoms with Gasteiger partial charge in [-0.05, 0) is 56.1 Å². The lowest BCUT2D eigenvalue weighted by Crippen LogP contribution is -2.63. The number of Topliss-reactive ketones (excluding diaryl/α,β-unsaturated/α-hetero) is 2. The van der Waals surface area contributed by atoms with Crippen LogP contribution in [0.5, 0.6) is 0 Å². The van der Waals surface area contributed by atoms with Crippen molar-refractivity contribution in [2.75, 3.05) is 13.2 Å². The molecule has 204 valence electrons. The van der Waals surface area contributed by atoms with Crippen molar-refractivity contribution in [3.63, 3.8) is 0 Å². The van der Waals surface area contributed by atoms with Gasteiger partial charge in [0.15, 0.2) is 23.5 Å². The van der Waals surface area contributed by atoms with E-state index >= 15 is 0 Å². The molecule has 7 heteroatoms. The molecule has 0 aromatic rings. The number of allylic oxidation sites excluding steroid dienone is 4. The molecule has 1 N–H and O–H groups in total. The SMILES string of the molecule is CCCC1O[C@@H]2C[C@H]3[C@@H]4CCC5=CC(=O)C=C[C@]5(C)[C@H]4[C@@H](O)C[C@]3(C)[C@]2(C(=O)COCCC(=O)CC)O1. The van der Waals surface area contributed by atoms with Crippen LogP contribution < -0.4 is 0 Å². The number of ether oxygens (including phenoxy) is 3. The van der Waals surface area contributed by atoms with Crippen LogP contribution in [0.1, 0.15) is 79.1 Å². The lowest BCUT2D eigenvalue weighted by molar-refractivity contribution is -0.201. The van der Waals surface area contributed by atoms with E-state index in [0.29, 0.717) is 32.1 Å². The Morgan fingerprint density at radius 3 is 2.76 bits per heavy atom. The molecule has 3 saturated carbocycles. The lowest BCUT2D eigenvalue weighted by atomic mass is 9.46. The van der Waals surface area contributed by atoms with Gasteiger partial charge in [0.1, 0.15) is 12.4 Å². The molecule has 0 aromatic carbocycles. The van der Waals surface area contributed by atoms with E-state index in [9.17, 15) is 19.5 Å². The molecule has 4 aliphatic carbocycles. The summed E-state index contributed by atoms with van der Waals surface area (Å²) in [7, 11) is 0. The summed E-state index contributed by atoms with van der Waals surface area (Å²) in [6.07, 6.45) is 9.09. The highest BCUT2D eigenvalue weighted by Crippen LogP contribution is 2.69. The molecule has 1 aliphatic heterocycles. The van der Waals surface area contributed by atoms with Gasteiger partial charge in [-0.3, -0.25) is 14.4 Å². The maximum absolute atomic E-state index is 14.0. The minimum Gasteiger partial charge on any atom is -0.393 e. The predicted octanol–water partition coefficient (Wildman–Crippen LogP) is 4.11. The molecule has 37 heavy (non-hydrogen) atoms. The number of hydrogen-bond donors (Lipinski definition) is 1. The highest BCUT2D eigenvalue weighted by molar-refractivity contribution is 6.01. The molecular weight excluding hydrogens is 472 g/mol. The van der Waals surface area contributed by atoms with Crippen LogP contribution in [0.3, 0.4) is 0 Å². The summed E-state index contributed by atoms with van der Waals surface area (Å²) >= 11 is 0. The molecule has 0 aromatic heterocycles. The first-order chi connectivity index (χ1) is 17.6. The molecule has 0 spiro atoms. The summed E-state index contributed by atoms with van der Waals surface area (Å²) < 4.78 is 18.8. The van der Waals surface area contributed by atoms with Crippen LogP contribution in [0.15, 0.2) is 23.8 Å². The van der Waals surface area contributed by atoms with Gasteiger partial charge < -0.3 is 19.3 Å². The monoisotopic (exact) mass is 514 g/mol.